The van der Waals surface area contributed by atoms with Gasteiger partial charge in [-0.15, -0.1) is 0 Å². The first-order valence-electron chi connectivity index (χ1n) is 5.58. The zero-order valence-electron chi connectivity index (χ0n) is 9.59. The van der Waals surface area contributed by atoms with E-state index in [0.717, 1.165) is 27.4 Å². The SMILES string of the molecule is C=C1NC(=O)c2c(ccc3ccc(CBr)cc23)N1. The minimum atomic E-state index is -0.105. The summed E-state index contributed by atoms with van der Waals surface area (Å²) < 4.78 is 0. The Morgan fingerprint density at radius 2 is 1.94 bits per heavy atom. The van der Waals surface area contributed by atoms with Crippen molar-refractivity contribution in [1.82, 2.24) is 5.32 Å². The molecule has 0 saturated carbocycles. The normalized spacial score (nSPS) is 14.1. The zero-order chi connectivity index (χ0) is 12.7. The Labute approximate surface area is 113 Å². The van der Waals surface area contributed by atoms with Gasteiger partial charge in [0.05, 0.1) is 11.3 Å². The number of fused-ring (bicyclic) bond motifs is 3. The van der Waals surface area contributed by atoms with E-state index in [2.05, 4.69) is 39.2 Å². The van der Waals surface area contributed by atoms with Crippen LogP contribution in [0.4, 0.5) is 5.69 Å². The summed E-state index contributed by atoms with van der Waals surface area (Å²) >= 11 is 3.43. The molecule has 3 nitrogen and oxygen atoms in total. The van der Waals surface area contributed by atoms with Gasteiger partial charge < -0.3 is 10.6 Å². The summed E-state index contributed by atoms with van der Waals surface area (Å²) in [6.45, 7) is 3.73. The molecule has 1 aliphatic rings. The van der Waals surface area contributed by atoms with Crippen molar-refractivity contribution in [3.05, 3.63) is 53.9 Å². The van der Waals surface area contributed by atoms with Crippen LogP contribution in [0.5, 0.6) is 0 Å². The highest BCUT2D eigenvalue weighted by molar-refractivity contribution is 9.08. The second-order valence-corrected chi connectivity index (χ2v) is 4.80. The van der Waals surface area contributed by atoms with Crippen molar-refractivity contribution >= 4 is 38.3 Å². The van der Waals surface area contributed by atoms with E-state index in [0.29, 0.717) is 11.4 Å². The predicted molar refractivity (Wildman–Crippen MR) is 76.8 cm³/mol. The van der Waals surface area contributed by atoms with Gasteiger partial charge in [0, 0.05) is 5.33 Å². The van der Waals surface area contributed by atoms with Crippen LogP contribution < -0.4 is 10.6 Å². The van der Waals surface area contributed by atoms with E-state index in [1.807, 2.05) is 24.3 Å². The highest BCUT2D eigenvalue weighted by atomic mass is 79.9. The van der Waals surface area contributed by atoms with Gasteiger partial charge in [-0.1, -0.05) is 40.7 Å². The molecule has 3 rings (SSSR count). The lowest BCUT2D eigenvalue weighted by Gasteiger charge is -2.22. The van der Waals surface area contributed by atoms with Crippen molar-refractivity contribution in [2.24, 2.45) is 0 Å². The van der Waals surface area contributed by atoms with Crippen LogP contribution >= 0.6 is 15.9 Å². The highest BCUT2D eigenvalue weighted by Gasteiger charge is 2.21. The fourth-order valence-corrected chi connectivity index (χ4v) is 2.54. The summed E-state index contributed by atoms with van der Waals surface area (Å²) in [5, 5.41) is 8.58. The van der Waals surface area contributed by atoms with Crippen molar-refractivity contribution in [3.63, 3.8) is 0 Å². The summed E-state index contributed by atoms with van der Waals surface area (Å²) in [5.74, 6) is 0.412. The molecular formula is C14H11BrN2O. The minimum Gasteiger partial charge on any atom is -0.342 e. The topological polar surface area (TPSA) is 41.1 Å². The summed E-state index contributed by atoms with van der Waals surface area (Å²) in [5.41, 5.74) is 2.64. The van der Waals surface area contributed by atoms with Crippen LogP contribution in [0.2, 0.25) is 0 Å². The molecule has 1 heterocycles. The van der Waals surface area contributed by atoms with E-state index < -0.39 is 0 Å². The second kappa shape index (κ2) is 4.14. The van der Waals surface area contributed by atoms with Crippen LogP contribution in [0, 0.1) is 0 Å². The number of halogens is 1. The molecular weight excluding hydrogens is 292 g/mol. The van der Waals surface area contributed by atoms with E-state index in [9.17, 15) is 4.79 Å². The molecule has 0 spiro atoms. The fraction of sp³-hybridized carbons (Fsp3) is 0.0714. The highest BCUT2D eigenvalue weighted by Crippen LogP contribution is 2.30. The number of alkyl halides is 1. The Hall–Kier alpha value is -1.81. The molecule has 0 atom stereocenters. The summed E-state index contributed by atoms with van der Waals surface area (Å²) in [4.78, 5) is 12.1. The Bertz CT molecular complexity index is 679. The van der Waals surface area contributed by atoms with E-state index in [4.69, 9.17) is 0 Å². The number of nitrogens with one attached hydrogen (secondary N) is 2. The van der Waals surface area contributed by atoms with Crippen LogP contribution in [0.25, 0.3) is 10.8 Å². The summed E-state index contributed by atoms with van der Waals surface area (Å²) in [7, 11) is 0. The number of anilines is 1. The van der Waals surface area contributed by atoms with Gasteiger partial charge in [-0.05, 0) is 28.5 Å². The van der Waals surface area contributed by atoms with Crippen molar-refractivity contribution in [3.8, 4) is 0 Å². The smallest absolute Gasteiger partial charge is 0.259 e. The van der Waals surface area contributed by atoms with Crippen LogP contribution in [-0.2, 0) is 5.33 Å². The van der Waals surface area contributed by atoms with Gasteiger partial charge in [0.25, 0.3) is 5.91 Å². The molecule has 90 valence electrons. The van der Waals surface area contributed by atoms with Crippen LogP contribution in [0.1, 0.15) is 15.9 Å². The first-order chi connectivity index (χ1) is 8.69. The molecule has 0 radical (unpaired) electrons. The Morgan fingerprint density at radius 3 is 2.72 bits per heavy atom. The molecule has 2 N–H and O–H groups in total. The van der Waals surface area contributed by atoms with Crippen LogP contribution in [0.15, 0.2) is 42.7 Å². The van der Waals surface area contributed by atoms with Gasteiger partial charge in [0.1, 0.15) is 5.82 Å². The fourth-order valence-electron chi connectivity index (χ4n) is 2.19. The molecule has 2 aromatic rings. The van der Waals surface area contributed by atoms with Crippen molar-refractivity contribution in [2.45, 2.75) is 5.33 Å². The van der Waals surface area contributed by atoms with Gasteiger partial charge in [0.15, 0.2) is 0 Å². The van der Waals surface area contributed by atoms with E-state index >= 15 is 0 Å². The number of hydrogen-bond donors (Lipinski definition) is 2. The minimum absolute atomic E-state index is 0.105. The molecule has 0 aromatic heterocycles. The lowest BCUT2D eigenvalue weighted by Crippen LogP contribution is -2.32. The third-order valence-corrected chi connectivity index (χ3v) is 3.66. The molecule has 2 aromatic carbocycles. The van der Waals surface area contributed by atoms with E-state index in [1.54, 1.807) is 0 Å². The van der Waals surface area contributed by atoms with Gasteiger partial charge in [0.2, 0.25) is 0 Å². The molecule has 0 aliphatic carbocycles. The molecule has 4 heteroatoms. The predicted octanol–water partition coefficient (Wildman–Crippen LogP) is 3.36. The third-order valence-electron chi connectivity index (χ3n) is 3.02. The average Bonchev–Trinajstić information content (AvgIpc) is 2.36. The van der Waals surface area contributed by atoms with Crippen molar-refractivity contribution in [1.29, 1.82) is 0 Å². The molecule has 1 amide bonds. The summed E-state index contributed by atoms with van der Waals surface area (Å²) in [6, 6.07) is 10.0. The molecule has 0 unspecified atom stereocenters. The lowest BCUT2D eigenvalue weighted by molar-refractivity contribution is 0.0966. The van der Waals surface area contributed by atoms with Crippen LogP contribution in [-0.4, -0.2) is 5.91 Å². The first-order valence-corrected chi connectivity index (χ1v) is 6.70. The largest absolute Gasteiger partial charge is 0.342 e. The van der Waals surface area contributed by atoms with E-state index in [1.165, 1.54) is 0 Å². The number of carbonyl (C=O) groups excluding carboxylic acids is 1. The van der Waals surface area contributed by atoms with Gasteiger partial charge >= 0.3 is 0 Å². The monoisotopic (exact) mass is 302 g/mol. The second-order valence-electron chi connectivity index (χ2n) is 4.23. The zero-order valence-corrected chi connectivity index (χ0v) is 11.2. The number of benzene rings is 2. The number of rotatable bonds is 1. The molecule has 0 saturated heterocycles. The third kappa shape index (κ3) is 1.69. The standard InChI is InChI=1S/C14H11BrN2O/c1-8-16-12-5-4-10-3-2-9(7-15)6-11(10)13(12)14(18)17-8/h2-6,16H,1,7H2,(H,17,18). The van der Waals surface area contributed by atoms with Crippen molar-refractivity contribution in [2.75, 3.05) is 5.32 Å². The maximum atomic E-state index is 12.1. The molecule has 0 fully saturated rings. The maximum Gasteiger partial charge on any atom is 0.259 e. The van der Waals surface area contributed by atoms with Crippen LogP contribution in [0.3, 0.4) is 0 Å². The number of carbonyl (C=O) groups is 1. The first kappa shape index (κ1) is 11.3. The number of hydrogen-bond acceptors (Lipinski definition) is 2. The van der Waals surface area contributed by atoms with E-state index in [-0.39, 0.29) is 5.91 Å². The van der Waals surface area contributed by atoms with Gasteiger partial charge in [-0.2, -0.15) is 0 Å². The maximum absolute atomic E-state index is 12.1. The van der Waals surface area contributed by atoms with Gasteiger partial charge in [-0.25, -0.2) is 0 Å². The lowest BCUT2D eigenvalue weighted by atomic mass is 9.99. The molecule has 18 heavy (non-hydrogen) atoms. The number of amides is 1. The summed E-state index contributed by atoms with van der Waals surface area (Å²) in [6.07, 6.45) is 0. The van der Waals surface area contributed by atoms with Gasteiger partial charge in [-0.3, -0.25) is 4.79 Å². The molecule has 0 bridgehead atoms. The Kier molecular flexibility index (Phi) is 2.59. The average molecular weight is 303 g/mol. The Morgan fingerprint density at radius 1 is 1.17 bits per heavy atom. The molecule has 1 aliphatic heterocycles. The quantitative estimate of drug-likeness (QED) is 0.793. The Balaban J connectivity index is 2.33. The van der Waals surface area contributed by atoms with Crippen molar-refractivity contribution < 1.29 is 4.79 Å².